The van der Waals surface area contributed by atoms with Crippen molar-refractivity contribution in [3.05, 3.63) is 0 Å². The van der Waals surface area contributed by atoms with Crippen LogP contribution in [0, 0.1) is 0 Å². The lowest BCUT2D eigenvalue weighted by Gasteiger charge is -2.27. The molecule has 0 aliphatic carbocycles. The zero-order valence-electron chi connectivity index (χ0n) is 12.7. The van der Waals surface area contributed by atoms with Gasteiger partial charge in [0.1, 0.15) is 0 Å². The monoisotopic (exact) mass is 274 g/mol. The fraction of sp³-hybridized carbons (Fsp3) is 1.00. The molecule has 1 rings (SSSR count). The molecular formula is C14H30N2O3. The van der Waals surface area contributed by atoms with E-state index in [1.807, 2.05) is 0 Å². The van der Waals surface area contributed by atoms with Crippen LogP contribution in [0.2, 0.25) is 0 Å². The van der Waals surface area contributed by atoms with E-state index in [2.05, 4.69) is 24.1 Å². The van der Waals surface area contributed by atoms with E-state index in [0.717, 1.165) is 26.2 Å². The van der Waals surface area contributed by atoms with E-state index < -0.39 is 0 Å². The lowest BCUT2D eigenvalue weighted by atomic mass is 10.2. The van der Waals surface area contributed by atoms with Gasteiger partial charge in [-0.1, -0.05) is 0 Å². The molecule has 5 nitrogen and oxygen atoms in total. The quantitative estimate of drug-likeness (QED) is 0.628. The Morgan fingerprint density at radius 3 is 2.47 bits per heavy atom. The molecule has 1 aliphatic rings. The average Bonchev–Trinajstić information content (AvgIpc) is 2.55. The minimum atomic E-state index is 0.572. The first-order valence-corrected chi connectivity index (χ1v) is 7.36. The van der Waals surface area contributed by atoms with Gasteiger partial charge in [-0.15, -0.1) is 0 Å². The van der Waals surface area contributed by atoms with Gasteiger partial charge >= 0.3 is 0 Å². The molecule has 0 saturated carbocycles. The molecule has 0 spiro atoms. The number of hydrogen-bond acceptors (Lipinski definition) is 5. The van der Waals surface area contributed by atoms with Crippen molar-refractivity contribution in [2.75, 3.05) is 59.8 Å². The summed E-state index contributed by atoms with van der Waals surface area (Å²) < 4.78 is 15.9. The van der Waals surface area contributed by atoms with E-state index >= 15 is 0 Å². The van der Waals surface area contributed by atoms with E-state index in [1.165, 1.54) is 6.42 Å². The first-order valence-electron chi connectivity index (χ1n) is 7.36. The Labute approximate surface area is 117 Å². The van der Waals surface area contributed by atoms with Crippen LogP contribution in [0.3, 0.4) is 0 Å². The minimum Gasteiger partial charge on any atom is -0.382 e. The molecule has 1 saturated heterocycles. The van der Waals surface area contributed by atoms with Gasteiger partial charge in [0.2, 0.25) is 0 Å². The third-order valence-corrected chi connectivity index (χ3v) is 3.51. The van der Waals surface area contributed by atoms with Gasteiger partial charge in [-0.3, -0.25) is 4.90 Å². The normalized spacial score (nSPS) is 25.4. The van der Waals surface area contributed by atoms with Crippen LogP contribution in [-0.2, 0) is 14.2 Å². The van der Waals surface area contributed by atoms with Gasteiger partial charge < -0.3 is 19.5 Å². The minimum absolute atomic E-state index is 0.572. The van der Waals surface area contributed by atoms with Crippen molar-refractivity contribution < 1.29 is 14.2 Å². The third kappa shape index (κ3) is 7.84. The summed E-state index contributed by atoms with van der Waals surface area (Å²) in [5, 5.41) is 3.52. The second-order valence-electron chi connectivity index (χ2n) is 5.21. The van der Waals surface area contributed by atoms with Crippen LogP contribution in [-0.4, -0.2) is 76.8 Å². The molecular weight excluding hydrogens is 244 g/mol. The summed E-state index contributed by atoms with van der Waals surface area (Å²) in [7, 11) is 1.68. The second-order valence-corrected chi connectivity index (χ2v) is 5.21. The number of nitrogens with one attached hydrogen (secondary N) is 1. The Balaban J connectivity index is 2.01. The molecule has 1 N–H and O–H groups in total. The number of ether oxygens (including phenoxy) is 3. The lowest BCUT2D eigenvalue weighted by molar-refractivity contribution is 0.0170. The topological polar surface area (TPSA) is 43.0 Å². The van der Waals surface area contributed by atoms with Gasteiger partial charge in [-0.05, 0) is 26.8 Å². The predicted molar refractivity (Wildman–Crippen MR) is 76.6 cm³/mol. The molecule has 2 atom stereocenters. The Hall–Kier alpha value is -0.200. The first kappa shape index (κ1) is 16.9. The summed E-state index contributed by atoms with van der Waals surface area (Å²) in [6, 6.07) is 1.21. The molecule has 19 heavy (non-hydrogen) atoms. The summed E-state index contributed by atoms with van der Waals surface area (Å²) >= 11 is 0. The summed E-state index contributed by atoms with van der Waals surface area (Å²) in [5.41, 5.74) is 0. The van der Waals surface area contributed by atoms with Crippen LogP contribution >= 0.6 is 0 Å². The molecule has 0 aromatic rings. The fourth-order valence-electron chi connectivity index (χ4n) is 2.28. The maximum Gasteiger partial charge on any atom is 0.0701 e. The van der Waals surface area contributed by atoms with Crippen molar-refractivity contribution in [1.29, 1.82) is 0 Å². The van der Waals surface area contributed by atoms with Gasteiger partial charge in [-0.25, -0.2) is 0 Å². The van der Waals surface area contributed by atoms with Crippen LogP contribution in [0.4, 0.5) is 0 Å². The van der Waals surface area contributed by atoms with Crippen LogP contribution < -0.4 is 5.32 Å². The number of nitrogens with zero attached hydrogens (tertiary/aromatic N) is 1. The molecule has 0 bridgehead atoms. The number of methoxy groups -OCH3 is 1. The highest BCUT2D eigenvalue weighted by Crippen LogP contribution is 2.08. The van der Waals surface area contributed by atoms with Crippen molar-refractivity contribution in [1.82, 2.24) is 10.2 Å². The average molecular weight is 274 g/mol. The molecule has 1 aliphatic heterocycles. The van der Waals surface area contributed by atoms with E-state index in [4.69, 9.17) is 14.2 Å². The van der Waals surface area contributed by atoms with Gasteiger partial charge in [-0.2, -0.15) is 0 Å². The van der Waals surface area contributed by atoms with Crippen LogP contribution in [0.15, 0.2) is 0 Å². The highest BCUT2D eigenvalue weighted by Gasteiger charge is 2.19. The first-order chi connectivity index (χ1) is 9.24. The van der Waals surface area contributed by atoms with Crippen molar-refractivity contribution in [3.8, 4) is 0 Å². The van der Waals surface area contributed by atoms with Crippen LogP contribution in [0.25, 0.3) is 0 Å². The second kappa shape index (κ2) is 10.6. The third-order valence-electron chi connectivity index (χ3n) is 3.51. The van der Waals surface area contributed by atoms with E-state index in [-0.39, 0.29) is 0 Å². The van der Waals surface area contributed by atoms with Crippen LogP contribution in [0.5, 0.6) is 0 Å². The molecule has 0 amide bonds. The molecule has 1 heterocycles. The summed E-state index contributed by atoms with van der Waals surface area (Å²) in [6.45, 7) is 11.2. The Morgan fingerprint density at radius 1 is 1.05 bits per heavy atom. The number of hydrogen-bond donors (Lipinski definition) is 1. The molecule has 0 radical (unpaired) electrons. The maximum absolute atomic E-state index is 5.61. The smallest absolute Gasteiger partial charge is 0.0701 e. The van der Waals surface area contributed by atoms with Crippen molar-refractivity contribution in [3.63, 3.8) is 0 Å². The molecule has 0 aromatic carbocycles. The molecule has 1 fully saturated rings. The SMILES string of the molecule is COCCOCCOCCN1CC(C)NCCC1C. The van der Waals surface area contributed by atoms with Gasteiger partial charge in [0.25, 0.3) is 0 Å². The predicted octanol–water partition coefficient (Wildman–Crippen LogP) is 0.738. The highest BCUT2D eigenvalue weighted by atomic mass is 16.5. The molecule has 2 unspecified atom stereocenters. The standard InChI is InChI=1S/C14H30N2O3/c1-13-12-16(14(2)4-5-15-13)6-7-18-10-11-19-9-8-17-3/h13-15H,4-12H2,1-3H3. The Kier molecular flexibility index (Phi) is 9.38. The zero-order valence-corrected chi connectivity index (χ0v) is 12.7. The Bertz CT molecular complexity index is 217. The zero-order chi connectivity index (χ0) is 13.9. The van der Waals surface area contributed by atoms with Gasteiger partial charge in [0.15, 0.2) is 0 Å². The van der Waals surface area contributed by atoms with E-state index in [0.29, 0.717) is 38.5 Å². The summed E-state index contributed by atoms with van der Waals surface area (Å²) in [4.78, 5) is 2.51. The van der Waals surface area contributed by atoms with Crippen LogP contribution in [0.1, 0.15) is 20.3 Å². The van der Waals surface area contributed by atoms with Crippen molar-refractivity contribution >= 4 is 0 Å². The van der Waals surface area contributed by atoms with Crippen molar-refractivity contribution in [2.24, 2.45) is 0 Å². The molecule has 5 heteroatoms. The number of rotatable bonds is 9. The maximum atomic E-state index is 5.61. The summed E-state index contributed by atoms with van der Waals surface area (Å²) in [5.74, 6) is 0. The molecule has 0 aromatic heterocycles. The summed E-state index contributed by atoms with van der Waals surface area (Å²) in [6.07, 6.45) is 1.21. The lowest BCUT2D eigenvalue weighted by Crippen LogP contribution is -2.40. The van der Waals surface area contributed by atoms with Gasteiger partial charge in [0, 0.05) is 32.3 Å². The van der Waals surface area contributed by atoms with Crippen molar-refractivity contribution in [2.45, 2.75) is 32.4 Å². The van der Waals surface area contributed by atoms with Gasteiger partial charge in [0.05, 0.1) is 33.0 Å². The Morgan fingerprint density at radius 2 is 1.74 bits per heavy atom. The van der Waals surface area contributed by atoms with E-state index in [1.54, 1.807) is 7.11 Å². The fourth-order valence-corrected chi connectivity index (χ4v) is 2.28. The molecule has 114 valence electrons. The largest absolute Gasteiger partial charge is 0.382 e. The highest BCUT2D eigenvalue weighted by molar-refractivity contribution is 4.78. The van der Waals surface area contributed by atoms with E-state index in [9.17, 15) is 0 Å².